The van der Waals surface area contributed by atoms with Crippen molar-refractivity contribution < 1.29 is 9.90 Å². The Balaban J connectivity index is 2.35. The number of nitrogens with one attached hydrogen (secondary N) is 1. The fourth-order valence-electron chi connectivity index (χ4n) is 2.36. The molecule has 1 saturated heterocycles. The molecule has 2 atom stereocenters. The van der Waals surface area contributed by atoms with Crippen LogP contribution in [-0.4, -0.2) is 30.1 Å². The third kappa shape index (κ3) is 2.34. The Bertz CT molecular complexity index is 434. The molecule has 4 nitrogen and oxygen atoms in total. The second kappa shape index (κ2) is 5.40. The van der Waals surface area contributed by atoms with Crippen molar-refractivity contribution in [3.05, 3.63) is 29.8 Å². The number of rotatable bonds is 3. The Morgan fingerprint density at radius 2 is 2.22 bits per heavy atom. The highest BCUT2D eigenvalue weighted by molar-refractivity contribution is 5.86. The summed E-state index contributed by atoms with van der Waals surface area (Å²) in [6, 6.07) is 7.59. The van der Waals surface area contributed by atoms with Crippen LogP contribution in [0, 0.1) is 0 Å². The first-order chi connectivity index (χ1) is 8.65. The number of para-hydroxylation sites is 1. The number of hydrogen-bond acceptors (Lipinski definition) is 3. The van der Waals surface area contributed by atoms with E-state index in [2.05, 4.69) is 10.2 Å². The van der Waals surface area contributed by atoms with Crippen LogP contribution in [0.4, 0.5) is 5.69 Å². The molecule has 1 aliphatic rings. The minimum Gasteiger partial charge on any atom is -0.388 e. The van der Waals surface area contributed by atoms with Crippen molar-refractivity contribution in [3.63, 3.8) is 0 Å². The number of piperazine rings is 1. The van der Waals surface area contributed by atoms with Crippen LogP contribution in [0.3, 0.4) is 0 Å². The largest absolute Gasteiger partial charge is 0.388 e. The molecule has 4 heteroatoms. The highest BCUT2D eigenvalue weighted by Crippen LogP contribution is 2.29. The maximum Gasteiger partial charge on any atom is 0.242 e. The van der Waals surface area contributed by atoms with Crippen molar-refractivity contribution in [1.29, 1.82) is 0 Å². The predicted octanol–water partition coefficient (Wildman–Crippen LogP) is 1.45. The number of nitrogens with zero attached hydrogens (tertiary/aromatic N) is 1. The van der Waals surface area contributed by atoms with Gasteiger partial charge >= 0.3 is 0 Å². The van der Waals surface area contributed by atoms with E-state index in [-0.39, 0.29) is 11.9 Å². The highest BCUT2D eigenvalue weighted by atomic mass is 16.3. The monoisotopic (exact) mass is 248 g/mol. The second-order valence-corrected chi connectivity index (χ2v) is 4.64. The molecule has 1 unspecified atom stereocenters. The van der Waals surface area contributed by atoms with Gasteiger partial charge in [0.2, 0.25) is 5.91 Å². The first-order valence-electron chi connectivity index (χ1n) is 6.46. The predicted molar refractivity (Wildman–Crippen MR) is 71.5 cm³/mol. The van der Waals surface area contributed by atoms with Gasteiger partial charge in [0.15, 0.2) is 0 Å². The van der Waals surface area contributed by atoms with Crippen molar-refractivity contribution in [3.8, 4) is 0 Å². The maximum absolute atomic E-state index is 11.7. The van der Waals surface area contributed by atoms with Gasteiger partial charge in [0, 0.05) is 24.3 Å². The third-order valence-corrected chi connectivity index (χ3v) is 3.49. The summed E-state index contributed by atoms with van der Waals surface area (Å²) in [5.74, 6) is 0.0436. The Morgan fingerprint density at radius 1 is 1.50 bits per heavy atom. The molecule has 0 saturated carbocycles. The maximum atomic E-state index is 11.7. The average Bonchev–Trinajstić information content (AvgIpc) is 2.41. The van der Waals surface area contributed by atoms with Crippen LogP contribution in [0.15, 0.2) is 24.3 Å². The van der Waals surface area contributed by atoms with Crippen molar-refractivity contribution >= 4 is 11.6 Å². The summed E-state index contributed by atoms with van der Waals surface area (Å²) in [4.78, 5) is 13.8. The molecule has 1 aromatic carbocycles. The molecule has 98 valence electrons. The zero-order chi connectivity index (χ0) is 13.1. The molecule has 0 aromatic heterocycles. The number of hydrogen-bond donors (Lipinski definition) is 2. The molecule has 0 bridgehead atoms. The number of aliphatic hydroxyl groups excluding tert-OH is 1. The molecule has 1 aromatic rings. The lowest BCUT2D eigenvalue weighted by molar-refractivity contribution is -0.122. The van der Waals surface area contributed by atoms with Crippen LogP contribution in [-0.2, 0) is 4.79 Å². The van der Waals surface area contributed by atoms with E-state index >= 15 is 0 Å². The van der Waals surface area contributed by atoms with Crippen molar-refractivity contribution in [2.75, 3.05) is 18.0 Å². The SMILES string of the molecule is CC[C@@H](O)c1ccccc1N1CCNC(=O)C1C. The fourth-order valence-corrected chi connectivity index (χ4v) is 2.36. The van der Waals surface area contributed by atoms with E-state index in [9.17, 15) is 9.90 Å². The molecule has 2 N–H and O–H groups in total. The number of anilines is 1. The van der Waals surface area contributed by atoms with Gasteiger partial charge in [0.1, 0.15) is 6.04 Å². The van der Waals surface area contributed by atoms with Gasteiger partial charge in [-0.1, -0.05) is 25.1 Å². The number of benzene rings is 1. The molecule has 0 spiro atoms. The summed E-state index contributed by atoms with van der Waals surface area (Å²) >= 11 is 0. The third-order valence-electron chi connectivity index (χ3n) is 3.49. The molecule has 2 rings (SSSR count). The van der Waals surface area contributed by atoms with Gasteiger partial charge in [-0.3, -0.25) is 4.79 Å². The van der Waals surface area contributed by atoms with E-state index < -0.39 is 6.10 Å². The van der Waals surface area contributed by atoms with Crippen LogP contribution in [0.2, 0.25) is 0 Å². The van der Waals surface area contributed by atoms with Gasteiger partial charge in [-0.15, -0.1) is 0 Å². The van der Waals surface area contributed by atoms with Gasteiger partial charge in [-0.2, -0.15) is 0 Å². The number of aliphatic hydroxyl groups is 1. The van der Waals surface area contributed by atoms with Crippen LogP contribution in [0.5, 0.6) is 0 Å². The Kier molecular flexibility index (Phi) is 3.87. The first-order valence-corrected chi connectivity index (χ1v) is 6.46. The van der Waals surface area contributed by atoms with E-state index in [4.69, 9.17) is 0 Å². The van der Waals surface area contributed by atoms with E-state index in [0.29, 0.717) is 13.0 Å². The smallest absolute Gasteiger partial charge is 0.242 e. The van der Waals surface area contributed by atoms with E-state index in [1.807, 2.05) is 38.1 Å². The lowest BCUT2D eigenvalue weighted by Gasteiger charge is -2.36. The molecule has 1 amide bonds. The van der Waals surface area contributed by atoms with Crippen LogP contribution < -0.4 is 10.2 Å². The second-order valence-electron chi connectivity index (χ2n) is 4.64. The summed E-state index contributed by atoms with van der Waals surface area (Å²) in [7, 11) is 0. The zero-order valence-corrected chi connectivity index (χ0v) is 10.9. The van der Waals surface area contributed by atoms with Gasteiger partial charge in [0.25, 0.3) is 0 Å². The first kappa shape index (κ1) is 12.9. The Morgan fingerprint density at radius 3 is 2.94 bits per heavy atom. The fraction of sp³-hybridized carbons (Fsp3) is 0.500. The van der Waals surface area contributed by atoms with Gasteiger partial charge in [-0.25, -0.2) is 0 Å². The van der Waals surface area contributed by atoms with Crippen molar-refractivity contribution in [2.45, 2.75) is 32.4 Å². The van der Waals surface area contributed by atoms with Crippen molar-refractivity contribution in [2.24, 2.45) is 0 Å². The van der Waals surface area contributed by atoms with Crippen LogP contribution in [0.25, 0.3) is 0 Å². The number of amides is 1. The summed E-state index contributed by atoms with van der Waals surface area (Å²) in [5, 5.41) is 12.9. The molecule has 1 aliphatic heterocycles. The van der Waals surface area contributed by atoms with E-state index in [0.717, 1.165) is 17.8 Å². The topological polar surface area (TPSA) is 52.6 Å². The van der Waals surface area contributed by atoms with Gasteiger partial charge in [-0.05, 0) is 19.4 Å². The molecule has 0 aliphatic carbocycles. The Labute approximate surface area is 108 Å². The molecule has 1 heterocycles. The van der Waals surface area contributed by atoms with Crippen LogP contribution in [0.1, 0.15) is 31.9 Å². The minimum atomic E-state index is -0.474. The molecular formula is C14H20N2O2. The average molecular weight is 248 g/mol. The summed E-state index contributed by atoms with van der Waals surface area (Å²) in [6.07, 6.45) is 0.198. The standard InChI is InChI=1S/C14H20N2O2/c1-3-13(17)11-6-4-5-7-12(11)16-9-8-15-14(18)10(16)2/h4-7,10,13,17H,3,8-9H2,1-2H3,(H,15,18)/t10?,13-/m1/s1. The van der Waals surface area contributed by atoms with Gasteiger partial charge in [0.05, 0.1) is 6.10 Å². The quantitative estimate of drug-likeness (QED) is 0.851. The lowest BCUT2D eigenvalue weighted by atomic mass is 10.0. The Hall–Kier alpha value is -1.55. The molecule has 18 heavy (non-hydrogen) atoms. The lowest BCUT2D eigenvalue weighted by Crippen LogP contribution is -2.54. The molecular weight excluding hydrogens is 228 g/mol. The van der Waals surface area contributed by atoms with Gasteiger partial charge < -0.3 is 15.3 Å². The summed E-state index contributed by atoms with van der Waals surface area (Å²) < 4.78 is 0. The van der Waals surface area contributed by atoms with Crippen LogP contribution >= 0.6 is 0 Å². The zero-order valence-electron chi connectivity index (χ0n) is 10.9. The molecule has 1 fully saturated rings. The minimum absolute atomic E-state index is 0.0436. The number of carbonyl (C=O) groups excluding carboxylic acids is 1. The van der Waals surface area contributed by atoms with Crippen molar-refractivity contribution in [1.82, 2.24) is 5.32 Å². The number of carbonyl (C=O) groups is 1. The van der Waals surface area contributed by atoms with E-state index in [1.54, 1.807) is 0 Å². The molecule has 0 radical (unpaired) electrons. The summed E-state index contributed by atoms with van der Waals surface area (Å²) in [6.45, 7) is 5.28. The highest BCUT2D eigenvalue weighted by Gasteiger charge is 2.27. The summed E-state index contributed by atoms with van der Waals surface area (Å²) in [5.41, 5.74) is 1.87. The van der Waals surface area contributed by atoms with E-state index in [1.165, 1.54) is 0 Å². The normalized spacial score (nSPS) is 21.6.